The molecule has 5 nitrogen and oxygen atoms in total. The Bertz CT molecular complexity index is 317. The van der Waals surface area contributed by atoms with Gasteiger partial charge in [-0.2, -0.15) is 0 Å². The Balaban J connectivity index is 1.89. The molecule has 2 fully saturated rings. The standard InChI is InChI=1S/C15H30N4O/c1-13-12-17(2)8-9-19(13)14(11-16)10-15(20)18-6-4-3-5-7-18/h13-14H,3-12,16H2,1-2H3. The van der Waals surface area contributed by atoms with Crippen LogP contribution < -0.4 is 5.73 Å². The molecule has 2 N–H and O–H groups in total. The van der Waals surface area contributed by atoms with Crippen molar-refractivity contribution in [3.8, 4) is 0 Å². The van der Waals surface area contributed by atoms with Crippen LogP contribution in [-0.4, -0.2) is 79.0 Å². The summed E-state index contributed by atoms with van der Waals surface area (Å²) in [4.78, 5) is 19.2. The Labute approximate surface area is 123 Å². The molecular formula is C15H30N4O. The van der Waals surface area contributed by atoms with E-state index in [0.29, 0.717) is 24.9 Å². The summed E-state index contributed by atoms with van der Waals surface area (Å²) in [5.41, 5.74) is 5.95. The molecule has 0 aromatic rings. The third-order valence-corrected chi connectivity index (χ3v) is 4.74. The Morgan fingerprint density at radius 3 is 2.50 bits per heavy atom. The van der Waals surface area contributed by atoms with Gasteiger partial charge in [0.2, 0.25) is 5.91 Å². The monoisotopic (exact) mass is 282 g/mol. The summed E-state index contributed by atoms with van der Waals surface area (Å²) < 4.78 is 0. The second kappa shape index (κ2) is 7.38. The summed E-state index contributed by atoms with van der Waals surface area (Å²) in [6.07, 6.45) is 4.16. The molecule has 2 atom stereocenters. The first-order valence-electron chi connectivity index (χ1n) is 8.04. The summed E-state index contributed by atoms with van der Waals surface area (Å²) in [5, 5.41) is 0. The molecule has 2 unspecified atom stereocenters. The van der Waals surface area contributed by atoms with Gasteiger partial charge in [-0.05, 0) is 33.2 Å². The Hall–Kier alpha value is -0.650. The van der Waals surface area contributed by atoms with Crippen molar-refractivity contribution in [2.45, 2.75) is 44.7 Å². The Kier molecular flexibility index (Phi) is 5.81. The lowest BCUT2D eigenvalue weighted by molar-refractivity contribution is -0.133. The average molecular weight is 282 g/mol. The number of nitrogens with zero attached hydrogens (tertiary/aromatic N) is 3. The smallest absolute Gasteiger partial charge is 0.224 e. The van der Waals surface area contributed by atoms with E-state index in [4.69, 9.17) is 5.73 Å². The fourth-order valence-electron chi connectivity index (χ4n) is 3.51. The van der Waals surface area contributed by atoms with Gasteiger partial charge in [-0.25, -0.2) is 0 Å². The minimum absolute atomic E-state index is 0.202. The van der Waals surface area contributed by atoms with Gasteiger partial charge in [-0.15, -0.1) is 0 Å². The SMILES string of the molecule is CC1CN(C)CCN1C(CN)CC(=O)N1CCCCC1. The maximum absolute atomic E-state index is 12.4. The van der Waals surface area contributed by atoms with Crippen LogP contribution in [0, 0.1) is 0 Å². The van der Waals surface area contributed by atoms with E-state index in [9.17, 15) is 4.79 Å². The number of carbonyl (C=O) groups excluding carboxylic acids is 1. The Morgan fingerprint density at radius 1 is 1.20 bits per heavy atom. The number of hydrogen-bond donors (Lipinski definition) is 1. The van der Waals surface area contributed by atoms with Crippen molar-refractivity contribution >= 4 is 5.91 Å². The zero-order valence-electron chi connectivity index (χ0n) is 13.1. The molecule has 116 valence electrons. The minimum atomic E-state index is 0.202. The average Bonchev–Trinajstić information content (AvgIpc) is 2.46. The third kappa shape index (κ3) is 3.93. The first-order valence-corrected chi connectivity index (χ1v) is 8.04. The molecule has 2 heterocycles. The van der Waals surface area contributed by atoms with Crippen LogP contribution >= 0.6 is 0 Å². The van der Waals surface area contributed by atoms with Crippen LogP contribution in [0.15, 0.2) is 0 Å². The molecule has 0 saturated carbocycles. The van der Waals surface area contributed by atoms with Gasteiger partial charge < -0.3 is 15.5 Å². The molecule has 2 saturated heterocycles. The normalized spacial score (nSPS) is 27.6. The number of likely N-dealkylation sites (tertiary alicyclic amines) is 1. The molecule has 5 heteroatoms. The molecule has 2 aliphatic rings. The quantitative estimate of drug-likeness (QED) is 0.808. The molecule has 0 aromatic heterocycles. The summed E-state index contributed by atoms with van der Waals surface area (Å²) in [7, 11) is 2.16. The number of piperazine rings is 1. The molecular weight excluding hydrogens is 252 g/mol. The van der Waals surface area contributed by atoms with Gasteiger partial charge >= 0.3 is 0 Å². The number of amides is 1. The van der Waals surface area contributed by atoms with E-state index in [-0.39, 0.29) is 6.04 Å². The highest BCUT2D eigenvalue weighted by molar-refractivity contribution is 5.77. The maximum Gasteiger partial charge on any atom is 0.224 e. The van der Waals surface area contributed by atoms with Gasteiger partial charge in [0.1, 0.15) is 0 Å². The van der Waals surface area contributed by atoms with Crippen molar-refractivity contribution in [3.63, 3.8) is 0 Å². The van der Waals surface area contributed by atoms with E-state index in [0.717, 1.165) is 45.6 Å². The van der Waals surface area contributed by atoms with Gasteiger partial charge in [-0.1, -0.05) is 0 Å². The first-order chi connectivity index (χ1) is 9.61. The second-order valence-corrected chi connectivity index (χ2v) is 6.38. The van der Waals surface area contributed by atoms with Crippen molar-refractivity contribution < 1.29 is 4.79 Å². The summed E-state index contributed by atoms with van der Waals surface area (Å²) in [6, 6.07) is 0.685. The van der Waals surface area contributed by atoms with Crippen LogP contribution in [0.1, 0.15) is 32.6 Å². The van der Waals surface area contributed by atoms with E-state index in [1.807, 2.05) is 4.90 Å². The number of carbonyl (C=O) groups is 1. The van der Waals surface area contributed by atoms with Crippen molar-refractivity contribution in [3.05, 3.63) is 0 Å². The van der Waals surface area contributed by atoms with Gasteiger partial charge in [0, 0.05) is 57.8 Å². The van der Waals surface area contributed by atoms with Crippen LogP contribution in [0.4, 0.5) is 0 Å². The number of hydrogen-bond acceptors (Lipinski definition) is 4. The van der Waals surface area contributed by atoms with Crippen molar-refractivity contribution in [1.82, 2.24) is 14.7 Å². The maximum atomic E-state index is 12.4. The van der Waals surface area contributed by atoms with Gasteiger partial charge in [0.15, 0.2) is 0 Å². The molecule has 2 aliphatic heterocycles. The molecule has 0 radical (unpaired) electrons. The van der Waals surface area contributed by atoms with Crippen LogP contribution in [0.5, 0.6) is 0 Å². The van der Waals surface area contributed by atoms with Crippen molar-refractivity contribution in [2.75, 3.05) is 46.3 Å². The largest absolute Gasteiger partial charge is 0.343 e. The third-order valence-electron chi connectivity index (χ3n) is 4.74. The van der Waals surface area contributed by atoms with E-state index >= 15 is 0 Å². The molecule has 0 aromatic carbocycles. The lowest BCUT2D eigenvalue weighted by Crippen LogP contribution is -2.57. The number of piperidine rings is 1. The van der Waals surface area contributed by atoms with E-state index in [2.05, 4.69) is 23.8 Å². The van der Waals surface area contributed by atoms with E-state index in [1.165, 1.54) is 6.42 Å². The first kappa shape index (κ1) is 15.7. The lowest BCUT2D eigenvalue weighted by Gasteiger charge is -2.43. The highest BCUT2D eigenvalue weighted by atomic mass is 16.2. The number of likely N-dealkylation sites (N-methyl/N-ethyl adjacent to an activating group) is 1. The Morgan fingerprint density at radius 2 is 1.90 bits per heavy atom. The predicted molar refractivity (Wildman–Crippen MR) is 81.6 cm³/mol. The lowest BCUT2D eigenvalue weighted by atomic mass is 10.0. The molecule has 1 amide bonds. The molecule has 20 heavy (non-hydrogen) atoms. The second-order valence-electron chi connectivity index (χ2n) is 6.38. The van der Waals surface area contributed by atoms with Gasteiger partial charge in [0.25, 0.3) is 0 Å². The summed E-state index contributed by atoms with van der Waals surface area (Å²) in [5.74, 6) is 0.297. The van der Waals surface area contributed by atoms with Crippen LogP contribution in [0.25, 0.3) is 0 Å². The molecule has 0 spiro atoms. The molecule has 0 aliphatic carbocycles. The zero-order valence-corrected chi connectivity index (χ0v) is 13.1. The van der Waals surface area contributed by atoms with Crippen LogP contribution in [-0.2, 0) is 4.79 Å². The number of rotatable bonds is 4. The predicted octanol–water partition coefficient (Wildman–Crippen LogP) is 0.352. The molecule has 0 bridgehead atoms. The van der Waals surface area contributed by atoms with Gasteiger partial charge in [-0.3, -0.25) is 9.69 Å². The highest BCUT2D eigenvalue weighted by Gasteiger charge is 2.30. The van der Waals surface area contributed by atoms with E-state index in [1.54, 1.807) is 0 Å². The van der Waals surface area contributed by atoms with Crippen molar-refractivity contribution in [2.24, 2.45) is 5.73 Å². The van der Waals surface area contributed by atoms with Crippen LogP contribution in [0.3, 0.4) is 0 Å². The number of nitrogens with two attached hydrogens (primary N) is 1. The zero-order chi connectivity index (χ0) is 14.5. The summed E-state index contributed by atoms with van der Waals surface area (Å²) in [6.45, 7) is 7.85. The topological polar surface area (TPSA) is 52.8 Å². The van der Waals surface area contributed by atoms with Crippen LogP contribution in [0.2, 0.25) is 0 Å². The highest BCUT2D eigenvalue weighted by Crippen LogP contribution is 2.16. The fraction of sp³-hybridized carbons (Fsp3) is 0.933. The minimum Gasteiger partial charge on any atom is -0.343 e. The van der Waals surface area contributed by atoms with Gasteiger partial charge in [0.05, 0.1) is 0 Å². The van der Waals surface area contributed by atoms with Crippen molar-refractivity contribution in [1.29, 1.82) is 0 Å². The molecule has 2 rings (SSSR count). The van der Waals surface area contributed by atoms with E-state index < -0.39 is 0 Å². The fourth-order valence-corrected chi connectivity index (χ4v) is 3.51. The summed E-state index contributed by atoms with van der Waals surface area (Å²) >= 11 is 0.